The molecule has 57 heavy (non-hydrogen) atoms. The highest BCUT2D eigenvalue weighted by molar-refractivity contribution is 6.35. The molecule has 4 aromatic rings. The van der Waals surface area contributed by atoms with Gasteiger partial charge in [-0.3, -0.25) is 14.6 Å². The number of rotatable bonds is 11. The first-order chi connectivity index (χ1) is 27.2. The second kappa shape index (κ2) is 14.9. The summed E-state index contributed by atoms with van der Waals surface area (Å²) in [5, 5.41) is 7.19. The van der Waals surface area contributed by atoms with Crippen LogP contribution in [0.3, 0.4) is 0 Å². The minimum absolute atomic E-state index is 0.0774. The molecule has 8 rings (SSSR count). The molecule has 14 heteroatoms. The zero-order valence-corrected chi connectivity index (χ0v) is 33.2. The van der Waals surface area contributed by atoms with Crippen LogP contribution in [0.15, 0.2) is 60.8 Å². The lowest BCUT2D eigenvalue weighted by Gasteiger charge is -2.59. The second-order valence-electron chi connectivity index (χ2n) is 16.4. The number of hydrogen-bond acceptors (Lipinski definition) is 8. The molecule has 10 nitrogen and oxygen atoms in total. The summed E-state index contributed by atoms with van der Waals surface area (Å²) in [6.07, 6.45) is 0.672. The van der Waals surface area contributed by atoms with E-state index in [9.17, 15) is 9.59 Å². The van der Waals surface area contributed by atoms with E-state index < -0.39 is 11.7 Å². The molecule has 2 amide bonds. The van der Waals surface area contributed by atoms with E-state index in [0.717, 1.165) is 63.0 Å². The number of pyridine rings is 2. The molecule has 2 aromatic heterocycles. The fraction of sp³-hybridized carbons (Fsp3) is 0.442. The Bertz CT molecular complexity index is 2210. The van der Waals surface area contributed by atoms with Crippen LogP contribution in [-0.4, -0.2) is 84.1 Å². The Morgan fingerprint density at radius 2 is 1.39 bits per heavy atom. The van der Waals surface area contributed by atoms with Crippen molar-refractivity contribution >= 4 is 23.4 Å². The highest BCUT2D eigenvalue weighted by Crippen LogP contribution is 2.50. The van der Waals surface area contributed by atoms with Crippen LogP contribution in [0.25, 0.3) is 33.6 Å². The maximum atomic E-state index is 15.1. The van der Waals surface area contributed by atoms with Gasteiger partial charge in [-0.1, -0.05) is 48.0 Å². The molecule has 2 saturated heterocycles. The van der Waals surface area contributed by atoms with Crippen LogP contribution in [0.5, 0.6) is 11.6 Å². The predicted molar refractivity (Wildman–Crippen MR) is 211 cm³/mol. The van der Waals surface area contributed by atoms with Gasteiger partial charge < -0.3 is 29.9 Å². The maximum Gasteiger partial charge on any atom is 0.417 e. The molecule has 0 bridgehead atoms. The van der Waals surface area contributed by atoms with Gasteiger partial charge in [0, 0.05) is 110 Å². The van der Waals surface area contributed by atoms with Gasteiger partial charge in [0.2, 0.25) is 17.7 Å². The van der Waals surface area contributed by atoms with Crippen molar-refractivity contribution in [3.63, 3.8) is 0 Å². The second-order valence-corrected chi connectivity index (χ2v) is 16.7. The molecule has 0 atom stereocenters. The summed E-state index contributed by atoms with van der Waals surface area (Å²) >= 11 is 6.97. The zero-order valence-electron chi connectivity index (χ0n) is 32.4. The minimum atomic E-state index is -4.75. The molecule has 4 fully saturated rings. The van der Waals surface area contributed by atoms with Gasteiger partial charge in [0.05, 0.1) is 36.2 Å². The van der Waals surface area contributed by atoms with Crippen LogP contribution < -0.4 is 20.1 Å². The van der Waals surface area contributed by atoms with Crippen LogP contribution in [-0.2, 0) is 28.9 Å². The Hall–Kier alpha value is -4.72. The summed E-state index contributed by atoms with van der Waals surface area (Å²) in [5.41, 5.74) is 2.27. The van der Waals surface area contributed by atoms with Crippen molar-refractivity contribution < 1.29 is 32.2 Å². The van der Waals surface area contributed by atoms with Crippen LogP contribution in [0.2, 0.25) is 5.02 Å². The number of halogens is 4. The normalized spacial score (nSPS) is 19.4. The fourth-order valence-corrected chi connectivity index (χ4v) is 9.70. The number of amides is 2. The van der Waals surface area contributed by atoms with Crippen LogP contribution >= 0.6 is 11.6 Å². The average Bonchev–Trinajstić information content (AvgIpc) is 3.11. The molecule has 2 aliphatic carbocycles. The molecule has 2 N–H and O–H groups in total. The van der Waals surface area contributed by atoms with E-state index in [1.807, 2.05) is 21.9 Å². The number of nitrogens with one attached hydrogen (secondary N) is 2. The van der Waals surface area contributed by atoms with E-state index in [1.54, 1.807) is 45.2 Å². The summed E-state index contributed by atoms with van der Waals surface area (Å²) in [4.78, 5) is 36.0. The summed E-state index contributed by atoms with van der Waals surface area (Å²) in [6.45, 7) is 7.44. The maximum absolute atomic E-state index is 15.1. The van der Waals surface area contributed by atoms with Crippen molar-refractivity contribution in [3.8, 4) is 45.3 Å². The largest absolute Gasteiger partial charge is 0.496 e. The highest BCUT2D eigenvalue weighted by Gasteiger charge is 2.53. The van der Waals surface area contributed by atoms with E-state index in [2.05, 4.69) is 20.6 Å². The summed E-state index contributed by atoms with van der Waals surface area (Å²) in [6, 6.07) is 15.4. The predicted octanol–water partition coefficient (Wildman–Crippen LogP) is 7.37. The molecule has 2 saturated carbocycles. The van der Waals surface area contributed by atoms with Gasteiger partial charge in [0.25, 0.3) is 0 Å². The molecule has 2 aliphatic heterocycles. The van der Waals surface area contributed by atoms with Crippen LogP contribution in [0, 0.1) is 10.8 Å². The number of likely N-dealkylation sites (tertiary alicyclic amines) is 2. The van der Waals surface area contributed by atoms with Gasteiger partial charge in [-0.15, -0.1) is 0 Å². The molecule has 4 heterocycles. The molecule has 300 valence electrons. The fourth-order valence-electron chi connectivity index (χ4n) is 9.37. The minimum Gasteiger partial charge on any atom is -0.496 e. The first-order valence-electron chi connectivity index (χ1n) is 19.2. The summed E-state index contributed by atoms with van der Waals surface area (Å²) in [5.74, 6) is 1.07. The van der Waals surface area contributed by atoms with Crippen LogP contribution in [0.1, 0.15) is 56.2 Å². The number of benzene rings is 2. The van der Waals surface area contributed by atoms with Crippen molar-refractivity contribution in [1.29, 1.82) is 0 Å². The third-order valence-electron chi connectivity index (χ3n) is 12.4. The monoisotopic (exact) mass is 802 g/mol. The van der Waals surface area contributed by atoms with E-state index in [1.165, 1.54) is 31.5 Å². The molecule has 4 aliphatic rings. The van der Waals surface area contributed by atoms with E-state index >= 15 is 13.2 Å². The first-order valence-corrected chi connectivity index (χ1v) is 19.6. The number of alkyl halides is 3. The third-order valence-corrected chi connectivity index (χ3v) is 12.8. The molecule has 0 radical (unpaired) electrons. The summed E-state index contributed by atoms with van der Waals surface area (Å²) in [7, 11) is 3.03. The van der Waals surface area contributed by atoms with Gasteiger partial charge in [-0.2, -0.15) is 13.2 Å². The lowest BCUT2D eigenvalue weighted by atomic mass is 9.60. The van der Waals surface area contributed by atoms with Gasteiger partial charge in [0.15, 0.2) is 0 Å². The number of ether oxygens (including phenoxy) is 2. The highest BCUT2D eigenvalue weighted by atomic mass is 35.5. The number of nitrogens with zero attached hydrogens (tertiary/aromatic N) is 4. The SMILES string of the molecule is COc1cc(-c2nccc(-c3cccc(-c4ccc(CNC5CC6(C5)CN(C(C)=O)C6)c(OC)n4)c3C(F)(F)F)c2Cl)ccc1CNC1CC2(C1)CN(C(C)=O)C2. The van der Waals surface area contributed by atoms with Crippen LogP contribution in [0.4, 0.5) is 13.2 Å². The molecule has 2 aromatic carbocycles. The van der Waals surface area contributed by atoms with Crippen molar-refractivity contribution in [2.24, 2.45) is 10.8 Å². The molecular weight excluding hydrogens is 757 g/mol. The smallest absolute Gasteiger partial charge is 0.417 e. The van der Waals surface area contributed by atoms with Gasteiger partial charge >= 0.3 is 6.18 Å². The standard InChI is InChI=1S/C43H46ClF3N6O4/c1-25(54)52-21-41(22-52)15-30(16-41)49-19-28-9-8-27(14-36(28)56-3)39-38(44)33(12-13-48-39)32-6-5-7-34(37(32)43(45,46)47)35-11-10-29(40(51-35)57-4)20-50-31-17-42(18-31)23-53(24-42)26(2)55/h5-14,30-31,49-50H,15-24H2,1-4H3. The number of methoxy groups -OCH3 is 2. The quantitative estimate of drug-likeness (QED) is 0.162. The number of carbonyl (C=O) groups is 2. The molecular formula is C43H46ClF3N6O4. The van der Waals surface area contributed by atoms with Gasteiger partial charge in [0.1, 0.15) is 5.75 Å². The Morgan fingerprint density at radius 3 is 1.95 bits per heavy atom. The zero-order chi connectivity index (χ0) is 40.3. The van der Waals surface area contributed by atoms with Crippen molar-refractivity contribution in [2.45, 2.75) is 70.9 Å². The van der Waals surface area contributed by atoms with Crippen molar-refractivity contribution in [1.82, 2.24) is 30.4 Å². The van der Waals surface area contributed by atoms with Crippen molar-refractivity contribution in [3.05, 3.63) is 82.5 Å². The van der Waals surface area contributed by atoms with Gasteiger partial charge in [-0.05, 0) is 49.4 Å². The first kappa shape index (κ1) is 39.1. The number of carbonyl (C=O) groups excluding carboxylic acids is 2. The number of aromatic nitrogens is 2. The lowest BCUT2D eigenvalue weighted by molar-refractivity contribution is -0.150. The van der Waals surface area contributed by atoms with E-state index in [4.69, 9.17) is 21.1 Å². The number of hydrogen-bond donors (Lipinski definition) is 2. The van der Waals surface area contributed by atoms with E-state index in [0.29, 0.717) is 36.1 Å². The Morgan fingerprint density at radius 1 is 0.807 bits per heavy atom. The average molecular weight is 803 g/mol. The summed E-state index contributed by atoms with van der Waals surface area (Å²) < 4.78 is 56.8. The van der Waals surface area contributed by atoms with Crippen molar-refractivity contribution in [2.75, 3.05) is 40.4 Å². The Labute approximate surface area is 335 Å². The molecule has 2 spiro atoms. The Balaban J connectivity index is 0.996. The third kappa shape index (κ3) is 7.45. The lowest BCUT2D eigenvalue weighted by Crippen LogP contribution is -2.66. The Kier molecular flexibility index (Phi) is 10.2. The van der Waals surface area contributed by atoms with E-state index in [-0.39, 0.29) is 62.0 Å². The topological polar surface area (TPSA) is 109 Å². The van der Waals surface area contributed by atoms with Gasteiger partial charge in [-0.25, -0.2) is 4.98 Å². The molecule has 0 unspecified atom stereocenters.